The van der Waals surface area contributed by atoms with E-state index in [0.29, 0.717) is 6.04 Å². The minimum atomic E-state index is 0.362. The highest BCUT2D eigenvalue weighted by molar-refractivity contribution is 5.76. The predicted octanol–water partition coefficient (Wildman–Crippen LogP) is 5.83. The molecule has 29 heavy (non-hydrogen) atoms. The Hall–Kier alpha value is -2.33. The molecule has 0 bridgehead atoms. The van der Waals surface area contributed by atoms with Crippen LogP contribution in [-0.2, 0) is 6.54 Å². The van der Waals surface area contributed by atoms with Crippen LogP contribution in [0.15, 0.2) is 54.6 Å². The molecule has 2 heterocycles. The van der Waals surface area contributed by atoms with Gasteiger partial charge in [0, 0.05) is 6.54 Å². The van der Waals surface area contributed by atoms with Crippen LogP contribution in [0.25, 0.3) is 11.0 Å². The molecule has 0 spiro atoms. The molecule has 0 aliphatic carbocycles. The van der Waals surface area contributed by atoms with E-state index in [1.165, 1.54) is 50.1 Å². The van der Waals surface area contributed by atoms with Gasteiger partial charge in [0.05, 0.1) is 23.7 Å². The minimum Gasteiger partial charge on any atom is -0.494 e. The third kappa shape index (κ3) is 4.99. The average molecular weight is 392 g/mol. The molecule has 4 nitrogen and oxygen atoms in total. The molecule has 1 aliphatic rings. The molecular weight excluding hydrogens is 358 g/mol. The van der Waals surface area contributed by atoms with Gasteiger partial charge in [0.25, 0.3) is 0 Å². The van der Waals surface area contributed by atoms with Gasteiger partial charge in [-0.25, -0.2) is 4.98 Å². The summed E-state index contributed by atoms with van der Waals surface area (Å²) in [7, 11) is 0. The molecule has 4 heteroatoms. The highest BCUT2D eigenvalue weighted by atomic mass is 16.5. The Bertz CT molecular complexity index is 881. The Labute approximate surface area is 174 Å². The molecule has 3 aromatic rings. The van der Waals surface area contributed by atoms with Crippen molar-refractivity contribution < 1.29 is 4.74 Å². The Morgan fingerprint density at radius 1 is 0.897 bits per heavy atom. The third-order valence-corrected chi connectivity index (χ3v) is 6.03. The van der Waals surface area contributed by atoms with Crippen molar-refractivity contribution in [3.05, 3.63) is 60.4 Å². The number of fused-ring (bicyclic) bond motifs is 1. The number of aromatic nitrogens is 2. The fourth-order valence-corrected chi connectivity index (χ4v) is 4.37. The number of aryl methyl sites for hydroxylation is 1. The van der Waals surface area contributed by atoms with Gasteiger partial charge in [-0.15, -0.1) is 0 Å². The van der Waals surface area contributed by atoms with Gasteiger partial charge in [0.1, 0.15) is 11.6 Å². The standard InChI is InChI=1S/C25H33N3O/c1-21(27-17-9-2-3-10-18-27)25-26-23-15-7-8-16-24(23)28(25)19-11-12-20-29-22-13-5-4-6-14-22/h4-8,13-16,21H,2-3,9-12,17-20H2,1H3. The lowest BCUT2D eigenvalue weighted by molar-refractivity contribution is 0.207. The first-order chi connectivity index (χ1) is 14.3. The van der Waals surface area contributed by atoms with E-state index in [1.807, 2.05) is 30.3 Å². The fraction of sp³-hybridized carbons (Fsp3) is 0.480. The molecule has 154 valence electrons. The van der Waals surface area contributed by atoms with E-state index >= 15 is 0 Å². The maximum atomic E-state index is 5.87. The lowest BCUT2D eigenvalue weighted by Crippen LogP contribution is -2.30. The highest BCUT2D eigenvalue weighted by Gasteiger charge is 2.23. The van der Waals surface area contributed by atoms with Crippen molar-refractivity contribution in [2.24, 2.45) is 0 Å². The second kappa shape index (κ2) is 9.93. The minimum absolute atomic E-state index is 0.362. The van der Waals surface area contributed by atoms with Gasteiger partial charge in [-0.1, -0.05) is 43.2 Å². The van der Waals surface area contributed by atoms with Gasteiger partial charge in [-0.3, -0.25) is 4.90 Å². The average Bonchev–Trinajstić information content (AvgIpc) is 2.92. The van der Waals surface area contributed by atoms with Crippen LogP contribution < -0.4 is 4.74 Å². The van der Waals surface area contributed by atoms with Gasteiger partial charge in [-0.05, 0) is 70.0 Å². The Balaban J connectivity index is 1.43. The van der Waals surface area contributed by atoms with Crippen molar-refractivity contribution in [2.75, 3.05) is 19.7 Å². The number of unbranched alkanes of at least 4 members (excludes halogenated alkanes) is 1. The molecule has 0 amide bonds. The van der Waals surface area contributed by atoms with E-state index in [-0.39, 0.29) is 0 Å². The van der Waals surface area contributed by atoms with Gasteiger partial charge in [0.15, 0.2) is 0 Å². The summed E-state index contributed by atoms with van der Waals surface area (Å²) in [6, 6.07) is 19.0. The predicted molar refractivity (Wildman–Crippen MR) is 119 cm³/mol. The molecule has 2 aromatic carbocycles. The summed E-state index contributed by atoms with van der Waals surface area (Å²) in [6.07, 6.45) is 7.47. The maximum Gasteiger partial charge on any atom is 0.127 e. The zero-order chi connectivity index (χ0) is 19.9. The van der Waals surface area contributed by atoms with Crippen molar-refractivity contribution in [3.63, 3.8) is 0 Å². The second-order valence-electron chi connectivity index (χ2n) is 8.11. The van der Waals surface area contributed by atoms with Crippen LogP contribution in [0.1, 0.15) is 57.3 Å². The van der Waals surface area contributed by atoms with Crippen LogP contribution in [0.2, 0.25) is 0 Å². The van der Waals surface area contributed by atoms with Crippen LogP contribution in [0, 0.1) is 0 Å². The van der Waals surface area contributed by atoms with E-state index < -0.39 is 0 Å². The zero-order valence-corrected chi connectivity index (χ0v) is 17.6. The number of benzene rings is 2. The molecule has 1 aromatic heterocycles. The van der Waals surface area contributed by atoms with E-state index in [0.717, 1.165) is 37.3 Å². The third-order valence-electron chi connectivity index (χ3n) is 6.03. The van der Waals surface area contributed by atoms with Crippen molar-refractivity contribution in [3.8, 4) is 5.75 Å². The van der Waals surface area contributed by atoms with Gasteiger partial charge in [0.2, 0.25) is 0 Å². The normalized spacial score (nSPS) is 16.6. The van der Waals surface area contributed by atoms with E-state index in [1.54, 1.807) is 0 Å². The molecule has 1 saturated heterocycles. The summed E-state index contributed by atoms with van der Waals surface area (Å²) < 4.78 is 8.32. The second-order valence-corrected chi connectivity index (χ2v) is 8.11. The number of ether oxygens (including phenoxy) is 1. The Morgan fingerprint density at radius 2 is 1.62 bits per heavy atom. The first kappa shape index (κ1) is 20.0. The first-order valence-corrected chi connectivity index (χ1v) is 11.2. The monoisotopic (exact) mass is 391 g/mol. The number of hydrogen-bond acceptors (Lipinski definition) is 3. The van der Waals surface area contributed by atoms with Gasteiger partial charge < -0.3 is 9.30 Å². The lowest BCUT2D eigenvalue weighted by Gasteiger charge is -2.27. The maximum absolute atomic E-state index is 5.87. The molecule has 4 rings (SSSR count). The largest absolute Gasteiger partial charge is 0.494 e. The summed E-state index contributed by atoms with van der Waals surface area (Å²) in [6.45, 7) is 6.46. The first-order valence-electron chi connectivity index (χ1n) is 11.2. The number of rotatable bonds is 8. The highest BCUT2D eigenvalue weighted by Crippen LogP contribution is 2.27. The fourth-order valence-electron chi connectivity index (χ4n) is 4.37. The summed E-state index contributed by atoms with van der Waals surface area (Å²) in [5.74, 6) is 2.17. The molecule has 0 N–H and O–H groups in total. The van der Waals surface area contributed by atoms with E-state index in [9.17, 15) is 0 Å². The Morgan fingerprint density at radius 3 is 2.41 bits per heavy atom. The van der Waals surface area contributed by atoms with Gasteiger partial charge in [-0.2, -0.15) is 0 Å². The molecular formula is C25H33N3O. The SMILES string of the molecule is CC(c1nc2ccccc2n1CCCCOc1ccccc1)N1CCCCCC1. The quantitative estimate of drug-likeness (QED) is 0.452. The lowest BCUT2D eigenvalue weighted by atomic mass is 10.2. The van der Waals surface area contributed by atoms with Crippen LogP contribution in [0.4, 0.5) is 0 Å². The van der Waals surface area contributed by atoms with Crippen LogP contribution in [0.5, 0.6) is 5.75 Å². The van der Waals surface area contributed by atoms with Crippen molar-refractivity contribution in [1.29, 1.82) is 0 Å². The van der Waals surface area contributed by atoms with Gasteiger partial charge >= 0.3 is 0 Å². The summed E-state index contributed by atoms with van der Waals surface area (Å²) >= 11 is 0. The summed E-state index contributed by atoms with van der Waals surface area (Å²) in [5, 5.41) is 0. The van der Waals surface area contributed by atoms with Crippen molar-refractivity contribution >= 4 is 11.0 Å². The Kier molecular flexibility index (Phi) is 6.83. The number of nitrogens with zero attached hydrogens (tertiary/aromatic N) is 3. The topological polar surface area (TPSA) is 30.3 Å². The van der Waals surface area contributed by atoms with Crippen LogP contribution >= 0.6 is 0 Å². The summed E-state index contributed by atoms with van der Waals surface area (Å²) in [5.41, 5.74) is 2.37. The molecule has 1 fully saturated rings. The van der Waals surface area contributed by atoms with Crippen molar-refractivity contribution in [2.45, 2.75) is 58.0 Å². The smallest absolute Gasteiger partial charge is 0.127 e. The molecule has 0 saturated carbocycles. The van der Waals surface area contributed by atoms with E-state index in [2.05, 4.69) is 40.7 Å². The number of imidazole rings is 1. The van der Waals surface area contributed by atoms with E-state index in [4.69, 9.17) is 9.72 Å². The zero-order valence-electron chi connectivity index (χ0n) is 17.6. The van der Waals surface area contributed by atoms with Crippen LogP contribution in [0.3, 0.4) is 0 Å². The molecule has 1 aliphatic heterocycles. The summed E-state index contributed by atoms with van der Waals surface area (Å²) in [4.78, 5) is 7.68. The van der Waals surface area contributed by atoms with Crippen LogP contribution in [-0.4, -0.2) is 34.1 Å². The molecule has 1 unspecified atom stereocenters. The molecule has 0 radical (unpaired) electrons. The molecule has 1 atom stereocenters. The van der Waals surface area contributed by atoms with Crippen molar-refractivity contribution in [1.82, 2.24) is 14.5 Å². The number of likely N-dealkylation sites (tertiary alicyclic amines) is 1. The number of hydrogen-bond donors (Lipinski definition) is 0. The number of para-hydroxylation sites is 3.